The molecule has 0 aliphatic carbocycles. The van der Waals surface area contributed by atoms with Crippen molar-refractivity contribution in [2.75, 3.05) is 0 Å². The molecule has 6 heteroatoms. The van der Waals surface area contributed by atoms with Gasteiger partial charge in [-0.05, 0) is 36.4 Å². The topological polar surface area (TPSA) is 57.0 Å². The van der Waals surface area contributed by atoms with Crippen molar-refractivity contribution in [3.05, 3.63) is 77.3 Å². The minimum absolute atomic E-state index is 0.157. The quantitative estimate of drug-likeness (QED) is 0.548. The van der Waals surface area contributed by atoms with Crippen LogP contribution in [0.4, 0.5) is 0 Å². The number of aromatic nitrogens is 3. The number of benzene rings is 1. The van der Waals surface area contributed by atoms with Gasteiger partial charge in [-0.3, -0.25) is 0 Å². The van der Waals surface area contributed by atoms with Crippen molar-refractivity contribution in [2.24, 2.45) is 0 Å². The van der Waals surface area contributed by atoms with E-state index in [1.807, 2.05) is 24.4 Å². The van der Waals surface area contributed by atoms with Crippen LogP contribution in [0.1, 0.15) is 15.9 Å². The molecule has 0 bridgehead atoms. The van der Waals surface area contributed by atoms with Gasteiger partial charge in [-0.2, -0.15) is 5.10 Å². The average molecular weight is 314 g/mol. The predicted molar refractivity (Wildman–Crippen MR) is 81.9 cm³/mol. The van der Waals surface area contributed by atoms with Crippen LogP contribution in [0.2, 0.25) is 5.15 Å². The molecule has 0 fully saturated rings. The van der Waals surface area contributed by atoms with E-state index in [0.29, 0.717) is 10.7 Å². The van der Waals surface area contributed by atoms with Crippen molar-refractivity contribution in [1.82, 2.24) is 14.8 Å². The van der Waals surface area contributed by atoms with Crippen LogP contribution in [0.5, 0.6) is 0 Å². The Morgan fingerprint density at radius 3 is 2.64 bits per heavy atom. The van der Waals surface area contributed by atoms with Crippen molar-refractivity contribution in [2.45, 2.75) is 6.61 Å². The van der Waals surface area contributed by atoms with Crippen LogP contribution in [0, 0.1) is 0 Å². The molecule has 0 saturated heterocycles. The smallest absolute Gasteiger partial charge is 0.338 e. The zero-order valence-corrected chi connectivity index (χ0v) is 12.3. The van der Waals surface area contributed by atoms with Gasteiger partial charge >= 0.3 is 5.97 Å². The van der Waals surface area contributed by atoms with E-state index in [0.717, 1.165) is 11.3 Å². The lowest BCUT2D eigenvalue weighted by Gasteiger charge is -2.06. The third-order valence-electron chi connectivity index (χ3n) is 3.03. The summed E-state index contributed by atoms with van der Waals surface area (Å²) in [7, 11) is 0. The van der Waals surface area contributed by atoms with Crippen LogP contribution in [0.3, 0.4) is 0 Å². The summed E-state index contributed by atoms with van der Waals surface area (Å²) in [6.45, 7) is 0.157. The first kappa shape index (κ1) is 14.3. The number of hydrogen-bond donors (Lipinski definition) is 0. The maximum absolute atomic E-state index is 12.0. The number of nitrogens with zero attached hydrogens (tertiary/aromatic N) is 3. The second-order valence-electron chi connectivity index (χ2n) is 4.56. The molecule has 0 N–H and O–H groups in total. The third-order valence-corrected chi connectivity index (χ3v) is 3.25. The maximum atomic E-state index is 12.0. The number of esters is 1. The van der Waals surface area contributed by atoms with Crippen molar-refractivity contribution >= 4 is 17.6 Å². The fourth-order valence-corrected chi connectivity index (χ4v) is 2.01. The van der Waals surface area contributed by atoms with Crippen LogP contribution in [0.25, 0.3) is 5.69 Å². The fraction of sp³-hybridized carbons (Fsp3) is 0.0625. The molecule has 2 aromatic heterocycles. The Morgan fingerprint density at radius 2 is 2.00 bits per heavy atom. The fourth-order valence-electron chi connectivity index (χ4n) is 1.90. The summed E-state index contributed by atoms with van der Waals surface area (Å²) in [6, 6.07) is 12.3. The molecule has 0 atom stereocenters. The van der Waals surface area contributed by atoms with Crippen molar-refractivity contribution in [1.29, 1.82) is 0 Å². The highest BCUT2D eigenvalue weighted by Gasteiger charge is 2.08. The Balaban J connectivity index is 1.63. The first-order valence-corrected chi connectivity index (χ1v) is 6.98. The van der Waals surface area contributed by atoms with E-state index in [-0.39, 0.29) is 12.6 Å². The van der Waals surface area contributed by atoms with Gasteiger partial charge in [0, 0.05) is 24.2 Å². The molecule has 0 saturated carbocycles. The number of carbonyl (C=O) groups excluding carboxylic acids is 1. The highest BCUT2D eigenvalue weighted by molar-refractivity contribution is 6.29. The minimum atomic E-state index is -0.387. The lowest BCUT2D eigenvalue weighted by atomic mass is 10.2. The molecule has 110 valence electrons. The van der Waals surface area contributed by atoms with E-state index in [4.69, 9.17) is 16.3 Å². The number of ether oxygens (including phenoxy) is 1. The Kier molecular flexibility index (Phi) is 4.16. The summed E-state index contributed by atoms with van der Waals surface area (Å²) < 4.78 is 6.96. The normalized spacial score (nSPS) is 10.4. The van der Waals surface area contributed by atoms with Crippen LogP contribution < -0.4 is 0 Å². The molecular formula is C16H12ClN3O2. The van der Waals surface area contributed by atoms with Gasteiger partial charge in [0.2, 0.25) is 0 Å². The van der Waals surface area contributed by atoms with E-state index in [9.17, 15) is 4.79 Å². The Bertz CT molecular complexity index is 753. The average Bonchev–Trinajstić information content (AvgIpc) is 3.09. The zero-order chi connectivity index (χ0) is 15.4. The monoisotopic (exact) mass is 313 g/mol. The second-order valence-corrected chi connectivity index (χ2v) is 4.95. The van der Waals surface area contributed by atoms with Gasteiger partial charge in [-0.15, -0.1) is 0 Å². The predicted octanol–water partition coefficient (Wildman–Crippen LogP) is 3.28. The van der Waals surface area contributed by atoms with E-state index in [1.54, 1.807) is 41.3 Å². The number of hydrogen-bond acceptors (Lipinski definition) is 4. The largest absolute Gasteiger partial charge is 0.457 e. The van der Waals surface area contributed by atoms with Crippen molar-refractivity contribution in [3.8, 4) is 5.69 Å². The first-order chi connectivity index (χ1) is 10.7. The molecule has 0 aliphatic rings. The summed E-state index contributed by atoms with van der Waals surface area (Å²) in [4.78, 5) is 15.9. The molecule has 5 nitrogen and oxygen atoms in total. The molecule has 0 radical (unpaired) electrons. The minimum Gasteiger partial charge on any atom is -0.457 e. The molecule has 3 rings (SSSR count). The van der Waals surface area contributed by atoms with Crippen LogP contribution in [-0.2, 0) is 11.3 Å². The van der Waals surface area contributed by atoms with Gasteiger partial charge in [0.15, 0.2) is 0 Å². The number of rotatable bonds is 4. The van der Waals surface area contributed by atoms with Crippen LogP contribution in [0.15, 0.2) is 61.1 Å². The van der Waals surface area contributed by atoms with Gasteiger partial charge in [0.1, 0.15) is 11.8 Å². The molecule has 0 aliphatic heterocycles. The molecule has 0 amide bonds. The van der Waals surface area contributed by atoms with Crippen molar-refractivity contribution in [3.63, 3.8) is 0 Å². The van der Waals surface area contributed by atoms with E-state index >= 15 is 0 Å². The first-order valence-electron chi connectivity index (χ1n) is 6.60. The van der Waals surface area contributed by atoms with Gasteiger partial charge in [-0.25, -0.2) is 14.5 Å². The van der Waals surface area contributed by atoms with Gasteiger partial charge in [0.25, 0.3) is 0 Å². The Labute approximate surface area is 132 Å². The molecule has 0 spiro atoms. The molecule has 3 aromatic rings. The molecule has 22 heavy (non-hydrogen) atoms. The Hall–Kier alpha value is -2.66. The van der Waals surface area contributed by atoms with E-state index in [1.165, 1.54) is 0 Å². The number of carbonyl (C=O) groups is 1. The van der Waals surface area contributed by atoms with Crippen LogP contribution >= 0.6 is 11.6 Å². The van der Waals surface area contributed by atoms with Gasteiger partial charge in [0.05, 0.1) is 11.3 Å². The SMILES string of the molecule is O=C(OCc1ccc(Cl)nc1)c1ccc(-n2cccn2)cc1. The van der Waals surface area contributed by atoms with Crippen molar-refractivity contribution < 1.29 is 9.53 Å². The van der Waals surface area contributed by atoms with Gasteiger partial charge < -0.3 is 4.74 Å². The lowest BCUT2D eigenvalue weighted by molar-refractivity contribution is 0.0472. The Morgan fingerprint density at radius 1 is 1.18 bits per heavy atom. The van der Waals surface area contributed by atoms with E-state index < -0.39 is 0 Å². The molecule has 1 aromatic carbocycles. The zero-order valence-electron chi connectivity index (χ0n) is 11.5. The number of halogens is 1. The standard InChI is InChI=1S/C16H12ClN3O2/c17-15-7-2-12(10-18-15)11-22-16(21)13-3-5-14(6-4-13)20-9-1-8-19-20/h1-10H,11H2. The van der Waals surface area contributed by atoms with Crippen LogP contribution in [-0.4, -0.2) is 20.7 Å². The summed E-state index contributed by atoms with van der Waals surface area (Å²) in [5.74, 6) is -0.387. The lowest BCUT2D eigenvalue weighted by Crippen LogP contribution is -2.06. The second kappa shape index (κ2) is 6.41. The highest BCUT2D eigenvalue weighted by atomic mass is 35.5. The van der Waals surface area contributed by atoms with E-state index in [2.05, 4.69) is 10.1 Å². The molecular weight excluding hydrogens is 302 g/mol. The summed E-state index contributed by atoms with van der Waals surface area (Å²) in [5, 5.41) is 4.53. The summed E-state index contributed by atoms with van der Waals surface area (Å²) in [6.07, 6.45) is 5.11. The third kappa shape index (κ3) is 3.32. The molecule has 2 heterocycles. The maximum Gasteiger partial charge on any atom is 0.338 e. The highest BCUT2D eigenvalue weighted by Crippen LogP contribution is 2.11. The molecule has 0 unspecified atom stereocenters. The summed E-state index contributed by atoms with van der Waals surface area (Å²) >= 11 is 5.70. The number of pyridine rings is 1. The summed E-state index contributed by atoms with van der Waals surface area (Å²) in [5.41, 5.74) is 2.15. The van der Waals surface area contributed by atoms with Gasteiger partial charge in [-0.1, -0.05) is 17.7 Å².